The zero-order valence-corrected chi connectivity index (χ0v) is 16.9. The maximum absolute atomic E-state index is 2.51. The number of benzene rings is 4. The van der Waals surface area contributed by atoms with Crippen LogP contribution in [0.15, 0.2) is 84.9 Å². The zero-order valence-electron chi connectivity index (χ0n) is 16.9. The Hall–Kier alpha value is -3.12. The van der Waals surface area contributed by atoms with Crippen LogP contribution in [-0.2, 0) is 6.42 Å². The highest BCUT2D eigenvalue weighted by atomic mass is 14.4. The highest BCUT2D eigenvalue weighted by molar-refractivity contribution is 5.93. The first-order valence-electron chi connectivity index (χ1n) is 10.7. The second-order valence-electron chi connectivity index (χ2n) is 8.57. The van der Waals surface area contributed by atoms with Crippen molar-refractivity contribution in [1.82, 2.24) is 0 Å². The molecule has 0 heteroatoms. The molecule has 0 heterocycles. The van der Waals surface area contributed by atoms with Gasteiger partial charge in [0.1, 0.15) is 0 Å². The van der Waals surface area contributed by atoms with Crippen molar-refractivity contribution in [3.63, 3.8) is 0 Å². The molecule has 2 aliphatic rings. The minimum Gasteiger partial charge on any atom is -0.0622 e. The van der Waals surface area contributed by atoms with E-state index in [1.54, 1.807) is 5.56 Å². The molecule has 0 radical (unpaired) electrons. The van der Waals surface area contributed by atoms with Gasteiger partial charge in [0.2, 0.25) is 0 Å². The summed E-state index contributed by atoms with van der Waals surface area (Å²) >= 11 is 0. The van der Waals surface area contributed by atoms with Crippen LogP contribution in [0, 0.1) is 0 Å². The second-order valence-corrected chi connectivity index (χ2v) is 8.57. The van der Waals surface area contributed by atoms with Crippen LogP contribution in [0.5, 0.6) is 0 Å². The maximum Gasteiger partial charge on any atom is 0.00796 e. The molecule has 6 rings (SSSR count). The summed E-state index contributed by atoms with van der Waals surface area (Å²) in [5, 5.41) is 0. The molecule has 4 aromatic rings. The van der Waals surface area contributed by atoms with Gasteiger partial charge >= 0.3 is 0 Å². The van der Waals surface area contributed by atoms with Crippen LogP contribution in [0.25, 0.3) is 22.3 Å². The van der Waals surface area contributed by atoms with Gasteiger partial charge in [-0.3, -0.25) is 0 Å². The fraction of sp³-hybridized carbons (Fsp3) is 0.172. The van der Waals surface area contributed by atoms with Gasteiger partial charge in [-0.05, 0) is 62.1 Å². The molecule has 0 bridgehead atoms. The Labute approximate surface area is 172 Å². The monoisotopic (exact) mass is 372 g/mol. The van der Waals surface area contributed by atoms with Crippen molar-refractivity contribution in [3.8, 4) is 22.3 Å². The molecule has 2 aliphatic carbocycles. The van der Waals surface area contributed by atoms with Crippen molar-refractivity contribution in [2.45, 2.75) is 32.1 Å². The van der Waals surface area contributed by atoms with Crippen LogP contribution in [-0.4, -0.2) is 0 Å². The van der Waals surface area contributed by atoms with E-state index in [-0.39, 0.29) is 0 Å². The van der Waals surface area contributed by atoms with Gasteiger partial charge in [-0.1, -0.05) is 98.8 Å². The molecule has 0 N–H and O–H groups in total. The molecule has 0 fully saturated rings. The third kappa shape index (κ3) is 2.32. The average Bonchev–Trinajstić information content (AvgIpc) is 3.22. The molecule has 0 nitrogen and oxygen atoms in total. The summed E-state index contributed by atoms with van der Waals surface area (Å²) in [6.07, 6.45) is 0.987. The molecule has 29 heavy (non-hydrogen) atoms. The lowest BCUT2D eigenvalue weighted by molar-refractivity contribution is 0.932. The van der Waals surface area contributed by atoms with Crippen LogP contribution in [0.4, 0.5) is 0 Å². The van der Waals surface area contributed by atoms with Crippen LogP contribution in [0.1, 0.15) is 59.1 Å². The number of rotatable bonds is 2. The minimum absolute atomic E-state index is 0.434. The number of hydrogen-bond donors (Lipinski definition) is 0. The number of hydrogen-bond acceptors (Lipinski definition) is 0. The van der Waals surface area contributed by atoms with Crippen LogP contribution >= 0.6 is 0 Å². The fourth-order valence-corrected chi connectivity index (χ4v) is 5.66. The zero-order chi connectivity index (χ0) is 19.5. The van der Waals surface area contributed by atoms with E-state index < -0.39 is 0 Å². The largest absolute Gasteiger partial charge is 0.0622 e. The Bertz CT molecular complexity index is 1250. The van der Waals surface area contributed by atoms with Crippen molar-refractivity contribution in [2.24, 2.45) is 0 Å². The summed E-state index contributed by atoms with van der Waals surface area (Å²) < 4.78 is 0. The number of fused-ring (bicyclic) bond motifs is 7. The fourth-order valence-electron chi connectivity index (χ4n) is 5.66. The topological polar surface area (TPSA) is 0 Å². The van der Waals surface area contributed by atoms with Gasteiger partial charge in [-0.25, -0.2) is 0 Å². The van der Waals surface area contributed by atoms with E-state index >= 15 is 0 Å². The lowest BCUT2D eigenvalue weighted by Crippen LogP contribution is -2.00. The summed E-state index contributed by atoms with van der Waals surface area (Å²) in [6, 6.07) is 31.5. The van der Waals surface area contributed by atoms with E-state index in [9.17, 15) is 0 Å². The molecular formula is C29H24. The van der Waals surface area contributed by atoms with Gasteiger partial charge in [-0.2, -0.15) is 0 Å². The molecule has 2 unspecified atom stereocenters. The van der Waals surface area contributed by atoms with Crippen LogP contribution in [0.2, 0.25) is 0 Å². The molecule has 0 aromatic heterocycles. The first kappa shape index (κ1) is 16.8. The second kappa shape index (κ2) is 6.19. The van der Waals surface area contributed by atoms with Crippen molar-refractivity contribution < 1.29 is 0 Å². The van der Waals surface area contributed by atoms with E-state index in [1.807, 2.05) is 0 Å². The van der Waals surface area contributed by atoms with E-state index in [2.05, 4.69) is 98.8 Å². The predicted molar refractivity (Wildman–Crippen MR) is 122 cm³/mol. The molecule has 0 saturated carbocycles. The van der Waals surface area contributed by atoms with Crippen molar-refractivity contribution >= 4 is 0 Å². The SMILES string of the molecule is CC1c2ccccc2-c2c1cc(Cc1ccccc1)c1c2C(C)c2ccccc2-1. The average molecular weight is 373 g/mol. The third-order valence-corrected chi connectivity index (χ3v) is 7.01. The lowest BCUT2D eigenvalue weighted by atomic mass is 9.85. The van der Waals surface area contributed by atoms with Gasteiger partial charge in [0.25, 0.3) is 0 Å². The van der Waals surface area contributed by atoms with Crippen molar-refractivity contribution in [2.75, 3.05) is 0 Å². The Balaban J connectivity index is 1.67. The van der Waals surface area contributed by atoms with Gasteiger partial charge < -0.3 is 0 Å². The van der Waals surface area contributed by atoms with E-state index in [0.717, 1.165) is 6.42 Å². The summed E-state index contributed by atoms with van der Waals surface area (Å²) in [4.78, 5) is 0. The summed E-state index contributed by atoms with van der Waals surface area (Å²) in [6.45, 7) is 4.76. The van der Waals surface area contributed by atoms with Crippen LogP contribution < -0.4 is 0 Å². The standard InChI is InChI=1S/C29H24/c1-18-22-12-6-9-15-25(22)29-26(18)17-21(16-20-10-4-3-5-11-20)28-24-14-8-7-13-23(24)19(2)27(28)29/h3-15,17-19H,16H2,1-2H3. The predicted octanol–water partition coefficient (Wildman–Crippen LogP) is 7.54. The smallest absolute Gasteiger partial charge is 0.00796 e. The van der Waals surface area contributed by atoms with Gasteiger partial charge in [-0.15, -0.1) is 0 Å². The van der Waals surface area contributed by atoms with Gasteiger partial charge in [0, 0.05) is 11.8 Å². The molecular weight excluding hydrogens is 348 g/mol. The summed E-state index contributed by atoms with van der Waals surface area (Å²) in [5.41, 5.74) is 14.7. The van der Waals surface area contributed by atoms with Crippen LogP contribution in [0.3, 0.4) is 0 Å². The molecule has 0 spiro atoms. The van der Waals surface area contributed by atoms with E-state index in [4.69, 9.17) is 0 Å². The molecule has 140 valence electrons. The first-order chi connectivity index (χ1) is 14.2. The van der Waals surface area contributed by atoms with Gasteiger partial charge in [0.15, 0.2) is 0 Å². The lowest BCUT2D eigenvalue weighted by Gasteiger charge is -2.18. The molecule has 4 aromatic carbocycles. The Morgan fingerprint density at radius 2 is 1.17 bits per heavy atom. The Morgan fingerprint density at radius 3 is 1.90 bits per heavy atom. The first-order valence-corrected chi connectivity index (χ1v) is 10.7. The summed E-state index contributed by atoms with van der Waals surface area (Å²) in [7, 11) is 0. The van der Waals surface area contributed by atoms with E-state index in [0.29, 0.717) is 11.8 Å². The third-order valence-electron chi connectivity index (χ3n) is 7.01. The quantitative estimate of drug-likeness (QED) is 0.341. The normalized spacial score (nSPS) is 18.1. The highest BCUT2D eigenvalue weighted by Crippen LogP contribution is 2.56. The van der Waals surface area contributed by atoms with Crippen molar-refractivity contribution in [1.29, 1.82) is 0 Å². The molecule has 2 atom stereocenters. The van der Waals surface area contributed by atoms with E-state index in [1.165, 1.54) is 50.1 Å². The maximum atomic E-state index is 2.51. The molecule has 0 saturated heterocycles. The van der Waals surface area contributed by atoms with Gasteiger partial charge in [0.05, 0.1) is 0 Å². The Kier molecular flexibility index (Phi) is 3.59. The Morgan fingerprint density at radius 1 is 0.586 bits per heavy atom. The minimum atomic E-state index is 0.434. The highest BCUT2D eigenvalue weighted by Gasteiger charge is 2.36. The molecule has 0 aliphatic heterocycles. The summed E-state index contributed by atoms with van der Waals surface area (Å²) in [5.74, 6) is 0.890. The molecule has 0 amide bonds. The van der Waals surface area contributed by atoms with Crippen molar-refractivity contribution in [3.05, 3.63) is 118 Å².